The van der Waals surface area contributed by atoms with Crippen LogP contribution >= 0.6 is 0 Å². The standard InChI is InChI=1S/C83H56N.Ir/c1-11-32-58(33-12-1)72-74(60-36-15-3-16-37-60)78(64-44-23-7-24-45-64)82(79(65-46-25-8-26-47-65)75(72)61-38-17-4-18-39-61)69-53-31-52-68(56-69)71-57-70(54-55-84-71)83-80(66-48-27-9-28-49-66)76(62-40-19-5-20-41-62)73(59-34-13-2-14-35-59)77(63-42-21-6-22-43-63)81(83)67-50-29-10-30-51-67;/h1-51,53-57H;/q-1;. The summed E-state index contributed by atoms with van der Waals surface area (Å²) in [5.41, 5.74) is 29.0. The summed E-state index contributed by atoms with van der Waals surface area (Å²) < 4.78 is 0. The third-order valence-electron chi connectivity index (χ3n) is 16.0. The van der Waals surface area contributed by atoms with Gasteiger partial charge in [0.1, 0.15) is 0 Å². The molecule has 1 radical (unpaired) electrons. The quantitative estimate of drug-likeness (QED) is 0.105. The zero-order valence-electron chi connectivity index (χ0n) is 46.6. The molecule has 0 saturated heterocycles. The Morgan fingerprint density at radius 3 is 0.588 bits per heavy atom. The third-order valence-corrected chi connectivity index (χ3v) is 16.0. The molecule has 0 atom stereocenters. The van der Waals surface area contributed by atoms with Gasteiger partial charge in [-0.05, 0) is 140 Å². The first-order valence-corrected chi connectivity index (χ1v) is 28.8. The first-order chi connectivity index (χ1) is 41.8. The zero-order chi connectivity index (χ0) is 56.0. The maximum Gasteiger partial charge on any atom is 0.0166 e. The van der Waals surface area contributed by atoms with Gasteiger partial charge >= 0.3 is 0 Å². The van der Waals surface area contributed by atoms with E-state index in [9.17, 15) is 0 Å². The molecular weight excluding hydrogens is 1200 g/mol. The van der Waals surface area contributed by atoms with E-state index in [1.807, 2.05) is 6.20 Å². The third kappa shape index (κ3) is 10.5. The van der Waals surface area contributed by atoms with Crippen molar-refractivity contribution < 1.29 is 20.1 Å². The van der Waals surface area contributed by atoms with Gasteiger partial charge in [0.05, 0.1) is 0 Å². The second-order valence-electron chi connectivity index (χ2n) is 21.1. The van der Waals surface area contributed by atoms with Gasteiger partial charge in [0.15, 0.2) is 0 Å². The maximum atomic E-state index is 5.32. The van der Waals surface area contributed by atoms with Crippen molar-refractivity contribution >= 4 is 0 Å². The van der Waals surface area contributed by atoms with Crippen LogP contribution < -0.4 is 0 Å². The van der Waals surface area contributed by atoms with Crippen molar-refractivity contribution in [2.75, 3.05) is 0 Å². The molecule has 1 nitrogen and oxygen atoms in total. The number of rotatable bonds is 13. The van der Waals surface area contributed by atoms with Crippen molar-refractivity contribution in [1.82, 2.24) is 4.98 Å². The summed E-state index contributed by atoms with van der Waals surface area (Å²) in [6.45, 7) is 0. The average Bonchev–Trinajstić information content (AvgIpc) is 3.58. The monoisotopic (exact) mass is 1260 g/mol. The molecule has 403 valence electrons. The van der Waals surface area contributed by atoms with Crippen LogP contribution in [0, 0.1) is 6.07 Å². The van der Waals surface area contributed by atoms with Gasteiger partial charge < -0.3 is 4.98 Å². The molecule has 0 N–H and O–H groups in total. The zero-order valence-corrected chi connectivity index (χ0v) is 49.0. The topological polar surface area (TPSA) is 12.9 Å². The van der Waals surface area contributed by atoms with Gasteiger partial charge in [-0.25, -0.2) is 0 Å². The van der Waals surface area contributed by atoms with Crippen LogP contribution in [0.1, 0.15) is 0 Å². The van der Waals surface area contributed by atoms with Crippen molar-refractivity contribution in [3.8, 4) is 145 Å². The summed E-state index contributed by atoms with van der Waals surface area (Å²) in [4.78, 5) is 5.32. The van der Waals surface area contributed by atoms with E-state index in [0.29, 0.717) is 0 Å². The van der Waals surface area contributed by atoms with Gasteiger partial charge in [0.2, 0.25) is 0 Å². The minimum absolute atomic E-state index is 0. The second kappa shape index (κ2) is 24.6. The fraction of sp³-hybridized carbons (Fsp3) is 0. The largest absolute Gasteiger partial charge is 0.305 e. The predicted octanol–water partition coefficient (Wildman–Crippen LogP) is 22.6. The Morgan fingerprint density at radius 2 is 0.376 bits per heavy atom. The number of pyridine rings is 1. The number of benzene rings is 13. The van der Waals surface area contributed by atoms with Crippen molar-refractivity contribution in [2.24, 2.45) is 0 Å². The van der Waals surface area contributed by atoms with Crippen LogP contribution in [0.3, 0.4) is 0 Å². The van der Waals surface area contributed by atoms with Gasteiger partial charge in [-0.1, -0.05) is 315 Å². The van der Waals surface area contributed by atoms with Crippen LogP contribution in [0.4, 0.5) is 0 Å². The maximum absolute atomic E-state index is 5.32. The number of hydrogen-bond donors (Lipinski definition) is 0. The van der Waals surface area contributed by atoms with Crippen LogP contribution in [0.25, 0.3) is 145 Å². The molecule has 14 rings (SSSR count). The van der Waals surface area contributed by atoms with Crippen LogP contribution in [0.5, 0.6) is 0 Å². The Balaban J connectivity index is 0.00000672. The van der Waals surface area contributed by atoms with Crippen molar-refractivity contribution in [1.29, 1.82) is 0 Å². The van der Waals surface area contributed by atoms with Gasteiger partial charge in [0, 0.05) is 26.3 Å². The van der Waals surface area contributed by atoms with Gasteiger partial charge in [-0.15, -0.1) is 29.8 Å². The van der Waals surface area contributed by atoms with Gasteiger partial charge in [-0.2, -0.15) is 0 Å². The number of hydrogen-bond acceptors (Lipinski definition) is 1. The molecule has 0 aliphatic rings. The molecular formula is C83H56IrN-. The molecule has 0 spiro atoms. The number of nitrogens with zero attached hydrogens (tertiary/aromatic N) is 1. The van der Waals surface area contributed by atoms with Crippen LogP contribution in [-0.2, 0) is 20.1 Å². The van der Waals surface area contributed by atoms with E-state index in [-0.39, 0.29) is 20.1 Å². The van der Waals surface area contributed by atoms with E-state index in [0.717, 1.165) is 123 Å². The average molecular weight is 1260 g/mol. The predicted molar refractivity (Wildman–Crippen MR) is 354 cm³/mol. The summed E-state index contributed by atoms with van der Waals surface area (Å²) in [6.07, 6.45) is 1.99. The Kier molecular flexibility index (Phi) is 15.6. The Hall–Kier alpha value is -10.3. The smallest absolute Gasteiger partial charge is 0.0166 e. The molecule has 1 aromatic heterocycles. The molecule has 0 fully saturated rings. The van der Waals surface area contributed by atoms with E-state index in [4.69, 9.17) is 4.98 Å². The summed E-state index contributed by atoms with van der Waals surface area (Å²) in [7, 11) is 0. The minimum Gasteiger partial charge on any atom is -0.305 e. The van der Waals surface area contributed by atoms with Crippen LogP contribution in [-0.4, -0.2) is 4.98 Å². The molecule has 2 heteroatoms. The Morgan fingerprint density at radius 1 is 0.188 bits per heavy atom. The first-order valence-electron chi connectivity index (χ1n) is 28.8. The van der Waals surface area contributed by atoms with Crippen molar-refractivity contribution in [3.63, 3.8) is 0 Å². The summed E-state index contributed by atoms with van der Waals surface area (Å²) in [5.74, 6) is 0. The van der Waals surface area contributed by atoms with Crippen LogP contribution in [0.2, 0.25) is 0 Å². The van der Waals surface area contributed by atoms with E-state index < -0.39 is 0 Å². The molecule has 1 heterocycles. The van der Waals surface area contributed by atoms with Crippen molar-refractivity contribution in [3.05, 3.63) is 346 Å². The molecule has 13 aromatic carbocycles. The molecule has 0 bridgehead atoms. The van der Waals surface area contributed by atoms with E-state index >= 15 is 0 Å². The number of aromatic nitrogens is 1. The molecule has 85 heavy (non-hydrogen) atoms. The van der Waals surface area contributed by atoms with Gasteiger partial charge in [-0.3, -0.25) is 0 Å². The summed E-state index contributed by atoms with van der Waals surface area (Å²) in [6, 6.07) is 125. The molecule has 0 aliphatic carbocycles. The summed E-state index contributed by atoms with van der Waals surface area (Å²) >= 11 is 0. The SMILES string of the molecule is [Ir].[c-]1ccc(-c2c(-c3ccccc3)c(-c3ccccc3)c(-c3ccccc3)c(-c3ccccc3)c2-c2ccccc2)cc1-c1cc(-c2c(-c3ccccc3)c(-c3ccccc3)c(-c3ccccc3)c(-c3ccccc3)c2-c2ccccc2)ccn1. The van der Waals surface area contributed by atoms with Crippen LogP contribution in [0.15, 0.2) is 340 Å². The first kappa shape index (κ1) is 53.9. The molecule has 0 unspecified atom stereocenters. The minimum atomic E-state index is 0. The fourth-order valence-corrected chi connectivity index (χ4v) is 12.5. The fourth-order valence-electron chi connectivity index (χ4n) is 12.5. The van der Waals surface area contributed by atoms with E-state index in [2.05, 4.69) is 340 Å². The van der Waals surface area contributed by atoms with Crippen molar-refractivity contribution in [2.45, 2.75) is 0 Å². The molecule has 0 saturated carbocycles. The Labute approximate surface area is 512 Å². The summed E-state index contributed by atoms with van der Waals surface area (Å²) in [5, 5.41) is 0. The molecule has 0 amide bonds. The molecule has 14 aromatic rings. The second-order valence-corrected chi connectivity index (χ2v) is 21.1. The van der Waals surface area contributed by atoms with Gasteiger partial charge in [0.25, 0.3) is 0 Å². The molecule has 0 aliphatic heterocycles. The van der Waals surface area contributed by atoms with E-state index in [1.165, 1.54) is 22.3 Å². The Bertz CT molecular complexity index is 4050. The van der Waals surface area contributed by atoms with E-state index in [1.54, 1.807) is 0 Å². The normalized spacial score (nSPS) is 11.0.